The van der Waals surface area contributed by atoms with E-state index >= 15 is 0 Å². The molecule has 2 aromatic carbocycles. The minimum absolute atomic E-state index is 0.0147. The fraction of sp³-hybridized carbons (Fsp3) is 0.423. The Hall–Kier alpha value is -3.39. The lowest BCUT2D eigenvalue weighted by Gasteiger charge is -2.27. The zero-order chi connectivity index (χ0) is 24.2. The number of fused-ring (bicyclic) bond motifs is 3. The van der Waals surface area contributed by atoms with Gasteiger partial charge in [0.05, 0.1) is 18.6 Å². The van der Waals surface area contributed by atoms with Crippen LogP contribution in [-0.2, 0) is 19.1 Å². The number of carboxylic acids is 1. The monoisotopic (exact) mass is 466 g/mol. The summed E-state index contributed by atoms with van der Waals surface area (Å²) in [6, 6.07) is 15.4. The van der Waals surface area contributed by atoms with Crippen molar-refractivity contribution in [1.29, 1.82) is 0 Å². The smallest absolute Gasteiger partial charge is 0.407 e. The number of amides is 2. The molecule has 34 heavy (non-hydrogen) atoms. The number of alkyl carbamates (subject to hydrolysis) is 1. The molecule has 8 heteroatoms. The molecular formula is C26H30N2O6. The van der Waals surface area contributed by atoms with Crippen LogP contribution in [0.5, 0.6) is 0 Å². The van der Waals surface area contributed by atoms with Gasteiger partial charge in [0.2, 0.25) is 5.91 Å². The Morgan fingerprint density at radius 1 is 1.12 bits per heavy atom. The zero-order valence-electron chi connectivity index (χ0n) is 19.4. The first-order valence-corrected chi connectivity index (χ1v) is 11.6. The van der Waals surface area contributed by atoms with E-state index in [-0.39, 0.29) is 37.7 Å². The fourth-order valence-corrected chi connectivity index (χ4v) is 4.86. The Morgan fingerprint density at radius 2 is 1.74 bits per heavy atom. The summed E-state index contributed by atoms with van der Waals surface area (Å²) in [6.45, 7) is 4.22. The zero-order valence-corrected chi connectivity index (χ0v) is 19.4. The largest absolute Gasteiger partial charge is 0.480 e. The molecule has 3 atom stereocenters. The van der Waals surface area contributed by atoms with E-state index in [1.54, 1.807) is 6.92 Å². The van der Waals surface area contributed by atoms with Gasteiger partial charge in [-0.05, 0) is 42.5 Å². The van der Waals surface area contributed by atoms with Crippen molar-refractivity contribution in [3.05, 3.63) is 59.7 Å². The number of carbonyl (C=O) groups excluding carboxylic acids is 2. The molecule has 2 N–H and O–H groups in total. The van der Waals surface area contributed by atoms with E-state index in [9.17, 15) is 19.5 Å². The molecule has 1 aliphatic heterocycles. The van der Waals surface area contributed by atoms with Crippen molar-refractivity contribution >= 4 is 18.0 Å². The van der Waals surface area contributed by atoms with Crippen LogP contribution in [0.15, 0.2) is 48.5 Å². The van der Waals surface area contributed by atoms with Gasteiger partial charge in [-0.15, -0.1) is 0 Å². The Kier molecular flexibility index (Phi) is 7.17. The molecule has 0 saturated carbocycles. The minimum Gasteiger partial charge on any atom is -0.480 e. The normalized spacial score (nSPS) is 19.7. The molecule has 0 bridgehead atoms. The quantitative estimate of drug-likeness (QED) is 0.619. The summed E-state index contributed by atoms with van der Waals surface area (Å²) in [6.07, 6.45) is -0.436. The van der Waals surface area contributed by atoms with Crippen LogP contribution in [0.25, 0.3) is 11.1 Å². The average molecular weight is 467 g/mol. The van der Waals surface area contributed by atoms with Gasteiger partial charge >= 0.3 is 12.1 Å². The highest BCUT2D eigenvalue weighted by Gasteiger charge is 2.36. The van der Waals surface area contributed by atoms with E-state index in [1.807, 2.05) is 24.3 Å². The van der Waals surface area contributed by atoms with Crippen molar-refractivity contribution < 1.29 is 29.0 Å². The summed E-state index contributed by atoms with van der Waals surface area (Å²) >= 11 is 0. The van der Waals surface area contributed by atoms with E-state index < -0.39 is 24.0 Å². The predicted octanol–water partition coefficient (Wildman–Crippen LogP) is 3.25. The maximum absolute atomic E-state index is 12.7. The Labute approximate surface area is 198 Å². The molecule has 2 amide bonds. The summed E-state index contributed by atoms with van der Waals surface area (Å²) in [7, 11) is 0. The second kappa shape index (κ2) is 10.3. The van der Waals surface area contributed by atoms with Crippen LogP contribution in [0, 0.1) is 5.92 Å². The number of nitrogens with zero attached hydrogens (tertiary/aromatic N) is 1. The summed E-state index contributed by atoms with van der Waals surface area (Å²) < 4.78 is 11.2. The van der Waals surface area contributed by atoms with Crippen molar-refractivity contribution in [2.24, 2.45) is 5.92 Å². The van der Waals surface area contributed by atoms with E-state index in [2.05, 4.69) is 29.6 Å². The second-order valence-corrected chi connectivity index (χ2v) is 8.73. The highest BCUT2D eigenvalue weighted by atomic mass is 16.5. The molecule has 1 saturated heterocycles. The van der Waals surface area contributed by atoms with Gasteiger partial charge in [0.25, 0.3) is 0 Å². The molecule has 0 radical (unpaired) electrons. The molecule has 8 nitrogen and oxygen atoms in total. The third-order valence-electron chi connectivity index (χ3n) is 6.70. The van der Waals surface area contributed by atoms with Crippen LogP contribution in [0.4, 0.5) is 4.79 Å². The molecule has 3 unspecified atom stereocenters. The fourth-order valence-electron chi connectivity index (χ4n) is 4.86. The number of ether oxygens (including phenoxy) is 2. The molecule has 2 aliphatic rings. The number of carbonyl (C=O) groups is 3. The first kappa shape index (κ1) is 23.8. The molecule has 4 rings (SSSR count). The number of likely N-dealkylation sites (N-methyl/N-ethyl adjacent to an activating group) is 1. The Bertz CT molecular complexity index is 1030. The molecule has 180 valence electrons. The van der Waals surface area contributed by atoms with Crippen LogP contribution in [0.1, 0.15) is 37.3 Å². The SMILES string of the molecule is CCN(C(=O)C1COC(CNC(=O)OCC2c3ccccc3-c3ccccc32)C1)C(C)C(=O)O. The van der Waals surface area contributed by atoms with Crippen molar-refractivity contribution in [1.82, 2.24) is 10.2 Å². The van der Waals surface area contributed by atoms with E-state index in [0.717, 1.165) is 11.1 Å². The molecule has 0 aromatic heterocycles. The van der Waals surface area contributed by atoms with Crippen molar-refractivity contribution in [3.8, 4) is 11.1 Å². The standard InChI is InChI=1S/C26H30N2O6/c1-3-28(16(2)25(30)31)24(29)17-12-18(33-14-17)13-27-26(32)34-15-23-21-10-6-4-8-19(21)20-9-5-7-11-22(20)23/h4-11,16-18,23H,3,12-15H2,1-2H3,(H,27,32)(H,30,31). The maximum Gasteiger partial charge on any atom is 0.407 e. The highest BCUT2D eigenvalue weighted by Crippen LogP contribution is 2.44. The van der Waals surface area contributed by atoms with Crippen LogP contribution in [0.2, 0.25) is 0 Å². The van der Waals surface area contributed by atoms with Gasteiger partial charge in [-0.25, -0.2) is 9.59 Å². The summed E-state index contributed by atoms with van der Waals surface area (Å²) in [5.74, 6) is -1.71. The number of hydrogen-bond acceptors (Lipinski definition) is 5. The highest BCUT2D eigenvalue weighted by molar-refractivity contribution is 5.85. The predicted molar refractivity (Wildman–Crippen MR) is 125 cm³/mol. The first-order chi connectivity index (χ1) is 16.4. The molecule has 2 aromatic rings. The third kappa shape index (κ3) is 4.77. The van der Waals surface area contributed by atoms with Gasteiger partial charge in [0.15, 0.2) is 0 Å². The summed E-state index contributed by atoms with van der Waals surface area (Å²) in [5, 5.41) is 12.0. The van der Waals surface area contributed by atoms with Gasteiger partial charge in [-0.2, -0.15) is 0 Å². The summed E-state index contributed by atoms with van der Waals surface area (Å²) in [4.78, 5) is 37.7. The van der Waals surface area contributed by atoms with Gasteiger partial charge in [-0.1, -0.05) is 48.5 Å². The van der Waals surface area contributed by atoms with Gasteiger partial charge < -0.3 is 24.8 Å². The number of nitrogens with one attached hydrogen (secondary N) is 1. The first-order valence-electron chi connectivity index (χ1n) is 11.6. The third-order valence-corrected chi connectivity index (χ3v) is 6.70. The van der Waals surface area contributed by atoms with Gasteiger partial charge in [0, 0.05) is 19.0 Å². The van der Waals surface area contributed by atoms with Crippen molar-refractivity contribution in [2.45, 2.75) is 38.3 Å². The van der Waals surface area contributed by atoms with Crippen LogP contribution >= 0.6 is 0 Å². The lowest BCUT2D eigenvalue weighted by Crippen LogP contribution is -2.46. The van der Waals surface area contributed by atoms with Crippen LogP contribution in [-0.4, -0.2) is 66.4 Å². The number of rotatable bonds is 8. The summed E-state index contributed by atoms with van der Waals surface area (Å²) in [5.41, 5.74) is 4.63. The molecule has 1 fully saturated rings. The van der Waals surface area contributed by atoms with Gasteiger partial charge in [-0.3, -0.25) is 4.79 Å². The second-order valence-electron chi connectivity index (χ2n) is 8.73. The lowest BCUT2D eigenvalue weighted by molar-refractivity contribution is -0.151. The van der Waals surface area contributed by atoms with Crippen molar-refractivity contribution in [3.63, 3.8) is 0 Å². The molecule has 1 heterocycles. The number of hydrogen-bond donors (Lipinski definition) is 2. The van der Waals surface area contributed by atoms with Crippen LogP contribution < -0.4 is 5.32 Å². The van der Waals surface area contributed by atoms with Crippen LogP contribution in [0.3, 0.4) is 0 Å². The lowest BCUT2D eigenvalue weighted by atomic mass is 9.98. The Balaban J connectivity index is 1.27. The molecule has 1 aliphatic carbocycles. The number of carboxylic acid groups (broad SMARTS) is 1. The van der Waals surface area contributed by atoms with E-state index in [1.165, 1.54) is 23.0 Å². The number of aliphatic carboxylic acids is 1. The molecule has 0 spiro atoms. The maximum atomic E-state index is 12.7. The van der Waals surface area contributed by atoms with E-state index in [4.69, 9.17) is 9.47 Å². The molecular weight excluding hydrogens is 436 g/mol. The Morgan fingerprint density at radius 3 is 2.32 bits per heavy atom. The van der Waals surface area contributed by atoms with Crippen molar-refractivity contribution in [2.75, 3.05) is 26.3 Å². The minimum atomic E-state index is -1.04. The topological polar surface area (TPSA) is 105 Å². The van der Waals surface area contributed by atoms with Gasteiger partial charge in [0.1, 0.15) is 12.6 Å². The number of benzene rings is 2. The van der Waals surface area contributed by atoms with E-state index in [0.29, 0.717) is 13.0 Å². The average Bonchev–Trinajstić information content (AvgIpc) is 3.45.